The van der Waals surface area contributed by atoms with Crippen LogP contribution < -0.4 is 9.47 Å². The molecule has 0 saturated carbocycles. The number of ether oxygens (including phenoxy) is 2. The van der Waals surface area contributed by atoms with E-state index < -0.39 is 5.60 Å². The number of aromatic nitrogens is 2. The summed E-state index contributed by atoms with van der Waals surface area (Å²) in [5.74, 6) is 1.50. The fraction of sp³-hybridized carbons (Fsp3) is 0.423. The SMILES string of the molecule is O[C@]1(COc2ccc(Cl)c(Cl)c2)CCCN(Cc2ccc(OCCCn3cccn3)cc2)CC1. The summed E-state index contributed by atoms with van der Waals surface area (Å²) >= 11 is 12.0. The Kier molecular flexibility index (Phi) is 8.73. The highest BCUT2D eigenvalue weighted by molar-refractivity contribution is 6.42. The molecule has 3 aromatic rings. The van der Waals surface area contributed by atoms with Gasteiger partial charge >= 0.3 is 0 Å². The molecule has 0 aliphatic carbocycles. The highest BCUT2D eigenvalue weighted by Gasteiger charge is 2.31. The molecule has 34 heavy (non-hydrogen) atoms. The van der Waals surface area contributed by atoms with Crippen molar-refractivity contribution in [2.75, 3.05) is 26.3 Å². The van der Waals surface area contributed by atoms with Crippen LogP contribution in [0, 0.1) is 0 Å². The van der Waals surface area contributed by atoms with Gasteiger partial charge in [-0.15, -0.1) is 0 Å². The molecule has 1 fully saturated rings. The van der Waals surface area contributed by atoms with E-state index in [1.807, 2.05) is 29.1 Å². The van der Waals surface area contributed by atoms with Crippen LogP contribution in [0.3, 0.4) is 0 Å². The highest BCUT2D eigenvalue weighted by Crippen LogP contribution is 2.29. The molecule has 1 aliphatic rings. The highest BCUT2D eigenvalue weighted by atomic mass is 35.5. The maximum Gasteiger partial charge on any atom is 0.121 e. The van der Waals surface area contributed by atoms with Gasteiger partial charge in [-0.25, -0.2) is 0 Å². The van der Waals surface area contributed by atoms with E-state index in [2.05, 4.69) is 22.1 Å². The first-order valence-corrected chi connectivity index (χ1v) is 12.5. The Morgan fingerprint density at radius 2 is 1.79 bits per heavy atom. The molecule has 1 atom stereocenters. The molecule has 2 aromatic carbocycles. The van der Waals surface area contributed by atoms with E-state index in [0.717, 1.165) is 44.8 Å². The van der Waals surface area contributed by atoms with E-state index in [-0.39, 0.29) is 6.61 Å². The van der Waals surface area contributed by atoms with Crippen molar-refractivity contribution in [1.29, 1.82) is 0 Å². The van der Waals surface area contributed by atoms with E-state index in [1.165, 1.54) is 5.56 Å². The molecule has 4 rings (SSSR count). The summed E-state index contributed by atoms with van der Waals surface area (Å²) in [7, 11) is 0. The Bertz CT molecular complexity index is 1030. The predicted octanol–water partition coefficient (Wildman–Crippen LogP) is 5.46. The molecule has 6 nitrogen and oxygen atoms in total. The van der Waals surface area contributed by atoms with E-state index in [9.17, 15) is 5.11 Å². The van der Waals surface area contributed by atoms with Crippen LogP contribution in [0.5, 0.6) is 11.5 Å². The standard InChI is InChI=1S/C26H31Cl2N3O3/c27-24-9-8-23(18-25(24)28)34-20-26(32)10-1-13-30(16-11-26)19-21-4-6-22(7-5-21)33-17-3-15-31-14-2-12-29-31/h2,4-9,12,14,18,32H,1,3,10-11,13,15-17,19-20H2/t26-/m1/s1. The van der Waals surface area contributed by atoms with Crippen LogP contribution >= 0.6 is 23.2 Å². The van der Waals surface area contributed by atoms with Gasteiger partial charge in [0.15, 0.2) is 0 Å². The molecule has 182 valence electrons. The average Bonchev–Trinajstić information content (AvgIpc) is 3.29. The first-order chi connectivity index (χ1) is 16.5. The molecular formula is C26H31Cl2N3O3. The molecule has 1 N–H and O–H groups in total. The van der Waals surface area contributed by atoms with Gasteiger partial charge in [0, 0.05) is 44.5 Å². The molecule has 0 spiro atoms. The van der Waals surface area contributed by atoms with Gasteiger partial charge in [-0.3, -0.25) is 9.58 Å². The van der Waals surface area contributed by atoms with E-state index in [4.69, 9.17) is 32.7 Å². The molecule has 1 aromatic heterocycles. The van der Waals surface area contributed by atoms with E-state index in [0.29, 0.717) is 35.2 Å². The Balaban J connectivity index is 1.20. The maximum absolute atomic E-state index is 11.1. The van der Waals surface area contributed by atoms with Crippen LogP contribution in [0.2, 0.25) is 10.0 Å². The Hall–Kier alpha value is -2.25. The van der Waals surface area contributed by atoms with Crippen molar-refractivity contribution in [2.24, 2.45) is 0 Å². The lowest BCUT2D eigenvalue weighted by Crippen LogP contribution is -2.37. The Labute approximate surface area is 211 Å². The van der Waals surface area contributed by atoms with Gasteiger partial charge in [0.05, 0.1) is 22.3 Å². The molecule has 0 radical (unpaired) electrons. The molecule has 2 heterocycles. The summed E-state index contributed by atoms with van der Waals surface area (Å²) in [6.07, 6.45) is 6.94. The fourth-order valence-corrected chi connectivity index (χ4v) is 4.41. The van der Waals surface area contributed by atoms with Gasteiger partial charge in [0.25, 0.3) is 0 Å². The van der Waals surface area contributed by atoms with Gasteiger partial charge in [-0.05, 0) is 61.7 Å². The van der Waals surface area contributed by atoms with Crippen molar-refractivity contribution in [3.05, 3.63) is 76.5 Å². The smallest absolute Gasteiger partial charge is 0.121 e. The second kappa shape index (κ2) is 11.9. The largest absolute Gasteiger partial charge is 0.494 e. The quantitative estimate of drug-likeness (QED) is 0.372. The molecule has 1 saturated heterocycles. The van der Waals surface area contributed by atoms with Crippen molar-refractivity contribution < 1.29 is 14.6 Å². The zero-order valence-corrected chi connectivity index (χ0v) is 20.7. The summed E-state index contributed by atoms with van der Waals surface area (Å²) < 4.78 is 13.6. The van der Waals surface area contributed by atoms with Crippen molar-refractivity contribution in [2.45, 2.75) is 44.4 Å². The van der Waals surface area contributed by atoms with Crippen molar-refractivity contribution in [3.8, 4) is 11.5 Å². The zero-order chi connectivity index (χ0) is 23.8. The Morgan fingerprint density at radius 1 is 0.971 bits per heavy atom. The lowest BCUT2D eigenvalue weighted by molar-refractivity contribution is -0.0168. The summed E-state index contributed by atoms with van der Waals surface area (Å²) in [6, 6.07) is 15.4. The fourth-order valence-electron chi connectivity index (χ4n) is 4.12. The summed E-state index contributed by atoms with van der Waals surface area (Å²) in [5.41, 5.74) is 0.385. The van der Waals surface area contributed by atoms with Crippen molar-refractivity contribution in [3.63, 3.8) is 0 Å². The van der Waals surface area contributed by atoms with Gasteiger partial charge < -0.3 is 14.6 Å². The third-order valence-corrected chi connectivity index (χ3v) is 6.84. The molecule has 1 aliphatic heterocycles. The van der Waals surface area contributed by atoms with E-state index >= 15 is 0 Å². The Morgan fingerprint density at radius 3 is 2.56 bits per heavy atom. The van der Waals surface area contributed by atoms with Crippen LogP contribution in [-0.2, 0) is 13.1 Å². The minimum atomic E-state index is -0.852. The monoisotopic (exact) mass is 503 g/mol. The van der Waals surface area contributed by atoms with E-state index in [1.54, 1.807) is 24.4 Å². The van der Waals surface area contributed by atoms with Gasteiger partial charge in [-0.1, -0.05) is 35.3 Å². The van der Waals surface area contributed by atoms with Gasteiger partial charge in [0.1, 0.15) is 18.1 Å². The first kappa shape index (κ1) is 24.9. The lowest BCUT2D eigenvalue weighted by Gasteiger charge is -2.27. The molecular weight excluding hydrogens is 473 g/mol. The number of likely N-dealkylation sites (tertiary alicyclic amines) is 1. The lowest BCUT2D eigenvalue weighted by atomic mass is 9.96. The van der Waals surface area contributed by atoms with Crippen LogP contribution in [0.1, 0.15) is 31.2 Å². The number of aryl methyl sites for hydroxylation is 1. The van der Waals surface area contributed by atoms with Crippen LogP contribution in [0.15, 0.2) is 60.9 Å². The van der Waals surface area contributed by atoms with Crippen molar-refractivity contribution in [1.82, 2.24) is 14.7 Å². The number of rotatable bonds is 10. The minimum absolute atomic E-state index is 0.241. The minimum Gasteiger partial charge on any atom is -0.494 e. The zero-order valence-electron chi connectivity index (χ0n) is 19.2. The molecule has 0 unspecified atom stereocenters. The normalized spacial score (nSPS) is 19.0. The summed E-state index contributed by atoms with van der Waals surface area (Å²) in [5, 5.41) is 16.2. The molecule has 0 amide bonds. The maximum atomic E-state index is 11.1. The second-order valence-corrected chi connectivity index (χ2v) is 9.65. The van der Waals surface area contributed by atoms with Gasteiger partial charge in [-0.2, -0.15) is 5.10 Å². The number of halogens is 2. The second-order valence-electron chi connectivity index (χ2n) is 8.83. The van der Waals surface area contributed by atoms with Crippen LogP contribution in [0.25, 0.3) is 0 Å². The van der Waals surface area contributed by atoms with Gasteiger partial charge in [0.2, 0.25) is 0 Å². The number of benzene rings is 2. The number of hydrogen-bond donors (Lipinski definition) is 1. The average molecular weight is 504 g/mol. The third-order valence-electron chi connectivity index (χ3n) is 6.10. The predicted molar refractivity (Wildman–Crippen MR) is 135 cm³/mol. The topological polar surface area (TPSA) is 59.8 Å². The molecule has 8 heteroatoms. The van der Waals surface area contributed by atoms with Crippen molar-refractivity contribution >= 4 is 23.2 Å². The molecule has 0 bridgehead atoms. The third kappa shape index (κ3) is 7.37. The summed E-state index contributed by atoms with van der Waals surface area (Å²) in [4.78, 5) is 2.39. The number of aliphatic hydroxyl groups is 1. The number of nitrogens with zero attached hydrogens (tertiary/aromatic N) is 3. The van der Waals surface area contributed by atoms with Crippen LogP contribution in [0.4, 0.5) is 0 Å². The summed E-state index contributed by atoms with van der Waals surface area (Å²) in [6.45, 7) is 4.36. The first-order valence-electron chi connectivity index (χ1n) is 11.7. The van der Waals surface area contributed by atoms with Crippen LogP contribution in [-0.4, -0.2) is 51.7 Å². The number of hydrogen-bond acceptors (Lipinski definition) is 5.